The van der Waals surface area contributed by atoms with Gasteiger partial charge in [-0.25, -0.2) is 0 Å². The van der Waals surface area contributed by atoms with Crippen LogP contribution in [0, 0.1) is 13.8 Å². The molecule has 0 amide bonds. The van der Waals surface area contributed by atoms with Crippen LogP contribution in [-0.4, -0.2) is 0 Å². The van der Waals surface area contributed by atoms with Crippen LogP contribution in [0.4, 0.5) is 17.1 Å². The highest BCUT2D eigenvalue weighted by Gasteiger charge is 2.36. The van der Waals surface area contributed by atoms with Gasteiger partial charge in [-0.3, -0.25) is 0 Å². The zero-order chi connectivity index (χ0) is 33.3. The van der Waals surface area contributed by atoms with Crippen molar-refractivity contribution in [3.8, 4) is 33.4 Å². The molecule has 0 bridgehead atoms. The van der Waals surface area contributed by atoms with Gasteiger partial charge in [0.15, 0.2) is 0 Å². The summed E-state index contributed by atoms with van der Waals surface area (Å²) in [7, 11) is 0. The number of hydrogen-bond acceptors (Lipinski definition) is 2. The zero-order valence-electron chi connectivity index (χ0n) is 28.3. The molecule has 1 aromatic heterocycles. The molecule has 49 heavy (non-hydrogen) atoms. The Kier molecular flexibility index (Phi) is 6.64. The molecule has 8 aromatic rings. The topological polar surface area (TPSA) is 16.4 Å². The quantitative estimate of drug-likeness (QED) is 0.188. The smallest absolute Gasteiger partial charge is 0.137 e. The predicted molar refractivity (Wildman–Crippen MR) is 206 cm³/mol. The molecule has 0 fully saturated rings. The van der Waals surface area contributed by atoms with Crippen molar-refractivity contribution in [2.24, 2.45) is 0 Å². The van der Waals surface area contributed by atoms with Crippen LogP contribution in [0.5, 0.6) is 0 Å². The van der Waals surface area contributed by atoms with Gasteiger partial charge in [0.25, 0.3) is 0 Å². The van der Waals surface area contributed by atoms with Gasteiger partial charge in [-0.2, -0.15) is 0 Å². The van der Waals surface area contributed by atoms with E-state index in [1.165, 1.54) is 61.3 Å². The largest absolute Gasteiger partial charge is 0.456 e. The average molecular weight is 632 g/mol. The monoisotopic (exact) mass is 631 g/mol. The van der Waals surface area contributed by atoms with Gasteiger partial charge in [0, 0.05) is 33.6 Å². The first-order chi connectivity index (χ1) is 23.9. The lowest BCUT2D eigenvalue weighted by Crippen LogP contribution is -2.17. The lowest BCUT2D eigenvalue weighted by atomic mass is 9.82. The van der Waals surface area contributed by atoms with Crippen LogP contribution in [0.15, 0.2) is 156 Å². The van der Waals surface area contributed by atoms with Crippen LogP contribution < -0.4 is 4.90 Å². The zero-order valence-corrected chi connectivity index (χ0v) is 28.3. The maximum Gasteiger partial charge on any atom is 0.137 e. The van der Waals surface area contributed by atoms with Crippen LogP contribution in [0.3, 0.4) is 0 Å². The van der Waals surface area contributed by atoms with Gasteiger partial charge in [0.2, 0.25) is 0 Å². The molecule has 0 unspecified atom stereocenters. The maximum absolute atomic E-state index is 6.42. The summed E-state index contributed by atoms with van der Waals surface area (Å²) in [5.41, 5.74) is 17.8. The summed E-state index contributed by atoms with van der Waals surface area (Å²) in [4.78, 5) is 2.43. The number of rotatable bonds is 5. The van der Waals surface area contributed by atoms with Gasteiger partial charge in [-0.1, -0.05) is 111 Å². The third-order valence-corrected chi connectivity index (χ3v) is 10.5. The van der Waals surface area contributed by atoms with Crippen LogP contribution in [-0.2, 0) is 5.41 Å². The first kappa shape index (κ1) is 29.3. The van der Waals surface area contributed by atoms with Gasteiger partial charge in [0.1, 0.15) is 11.2 Å². The highest BCUT2D eigenvalue weighted by molar-refractivity contribution is 6.06. The van der Waals surface area contributed by atoms with E-state index in [4.69, 9.17) is 4.42 Å². The fraction of sp³-hybridized carbons (Fsp3) is 0.106. The fourth-order valence-electron chi connectivity index (χ4n) is 8.08. The normalized spacial score (nSPS) is 13.1. The van der Waals surface area contributed by atoms with Crippen molar-refractivity contribution in [2.75, 3.05) is 4.90 Å². The van der Waals surface area contributed by atoms with E-state index in [1.807, 2.05) is 12.1 Å². The number of hydrogen-bond donors (Lipinski definition) is 0. The Labute approximate surface area is 287 Å². The Morgan fingerprint density at radius 3 is 1.88 bits per heavy atom. The third kappa shape index (κ3) is 4.70. The Morgan fingerprint density at radius 2 is 1.06 bits per heavy atom. The molecule has 1 aliphatic rings. The van der Waals surface area contributed by atoms with E-state index in [1.54, 1.807) is 0 Å². The van der Waals surface area contributed by atoms with E-state index in [0.717, 1.165) is 33.3 Å². The van der Waals surface area contributed by atoms with Gasteiger partial charge in [-0.05, 0) is 118 Å². The molecule has 0 spiro atoms. The van der Waals surface area contributed by atoms with E-state index < -0.39 is 0 Å². The summed E-state index contributed by atoms with van der Waals surface area (Å²) >= 11 is 0. The first-order valence-electron chi connectivity index (χ1n) is 17.1. The predicted octanol–water partition coefficient (Wildman–Crippen LogP) is 13.3. The van der Waals surface area contributed by atoms with Crippen molar-refractivity contribution in [2.45, 2.75) is 33.1 Å². The Hall–Kier alpha value is -5.86. The SMILES string of the molecule is Cc1cc(-c2cccc(-c3ccccc3)c2)cc(C)c1N(c1ccc2c(c1)C(C)(C)c1ccccc1-2)c1ccc2c(c1)oc1ccccc12. The molecule has 2 heteroatoms. The van der Waals surface area contributed by atoms with E-state index in [0.29, 0.717) is 0 Å². The fourth-order valence-corrected chi connectivity index (χ4v) is 8.08. The van der Waals surface area contributed by atoms with Crippen LogP contribution in [0.1, 0.15) is 36.1 Å². The molecule has 2 nitrogen and oxygen atoms in total. The summed E-state index contributed by atoms with van der Waals surface area (Å²) in [6.45, 7) is 9.18. The van der Waals surface area contributed by atoms with Crippen molar-refractivity contribution >= 4 is 39.0 Å². The molecule has 0 atom stereocenters. The minimum absolute atomic E-state index is 0.103. The Morgan fingerprint density at radius 1 is 0.449 bits per heavy atom. The lowest BCUT2D eigenvalue weighted by molar-refractivity contribution is 0.660. The molecule has 0 radical (unpaired) electrons. The molecule has 9 rings (SSSR count). The van der Waals surface area contributed by atoms with Crippen molar-refractivity contribution < 1.29 is 4.42 Å². The Balaban J connectivity index is 1.22. The molecule has 1 aliphatic carbocycles. The second-order valence-electron chi connectivity index (χ2n) is 13.9. The molecule has 0 N–H and O–H groups in total. The van der Waals surface area contributed by atoms with Crippen LogP contribution >= 0.6 is 0 Å². The maximum atomic E-state index is 6.42. The third-order valence-electron chi connectivity index (χ3n) is 10.5. The highest BCUT2D eigenvalue weighted by Crippen LogP contribution is 2.51. The van der Waals surface area contributed by atoms with Crippen molar-refractivity contribution in [1.29, 1.82) is 0 Å². The molecular weight excluding hydrogens is 595 g/mol. The van der Waals surface area contributed by atoms with E-state index >= 15 is 0 Å². The van der Waals surface area contributed by atoms with Crippen LogP contribution in [0.25, 0.3) is 55.3 Å². The van der Waals surface area contributed by atoms with Crippen molar-refractivity contribution in [1.82, 2.24) is 0 Å². The molecule has 7 aromatic carbocycles. The van der Waals surface area contributed by atoms with Gasteiger partial charge >= 0.3 is 0 Å². The molecule has 0 aliphatic heterocycles. The second kappa shape index (κ2) is 11.1. The van der Waals surface area contributed by atoms with E-state index in [9.17, 15) is 0 Å². The van der Waals surface area contributed by atoms with Crippen LogP contribution in [0.2, 0.25) is 0 Å². The summed E-state index contributed by atoms with van der Waals surface area (Å²) in [6, 6.07) is 55.0. The number of fused-ring (bicyclic) bond motifs is 6. The van der Waals surface area contributed by atoms with E-state index in [-0.39, 0.29) is 5.41 Å². The minimum Gasteiger partial charge on any atom is -0.456 e. The summed E-state index contributed by atoms with van der Waals surface area (Å²) < 4.78 is 6.42. The summed E-state index contributed by atoms with van der Waals surface area (Å²) in [5.74, 6) is 0. The number of para-hydroxylation sites is 1. The van der Waals surface area contributed by atoms with E-state index in [2.05, 4.69) is 172 Å². The van der Waals surface area contributed by atoms with Gasteiger partial charge in [-0.15, -0.1) is 0 Å². The lowest BCUT2D eigenvalue weighted by Gasteiger charge is -2.31. The molecule has 0 saturated heterocycles. The second-order valence-corrected chi connectivity index (χ2v) is 13.9. The minimum atomic E-state index is -0.103. The molecule has 0 saturated carbocycles. The number of aryl methyl sites for hydroxylation is 2. The highest BCUT2D eigenvalue weighted by atomic mass is 16.3. The molecule has 1 heterocycles. The van der Waals surface area contributed by atoms with Gasteiger partial charge < -0.3 is 9.32 Å². The number of nitrogens with zero attached hydrogens (tertiary/aromatic N) is 1. The number of anilines is 3. The van der Waals surface area contributed by atoms with Crippen molar-refractivity contribution in [3.05, 3.63) is 174 Å². The molecule has 236 valence electrons. The standard InChI is InChI=1S/C47H37NO/c1-30-25-35(34-16-12-15-33(27-34)32-13-6-5-7-14-32)26-31(2)46(30)48(37-22-24-41-40-18-9-11-20-44(40)49-45(41)29-37)36-21-23-39-38-17-8-10-19-42(38)47(3,4)43(39)28-36/h5-29H,1-4H3. The summed E-state index contributed by atoms with van der Waals surface area (Å²) in [6.07, 6.45) is 0. The number of benzene rings is 7. The molecular formula is C47H37NO. The Bertz CT molecular complexity index is 2530. The van der Waals surface area contributed by atoms with Crippen molar-refractivity contribution in [3.63, 3.8) is 0 Å². The average Bonchev–Trinajstić information content (AvgIpc) is 3.61. The van der Waals surface area contributed by atoms with Gasteiger partial charge in [0.05, 0.1) is 5.69 Å². The number of furan rings is 1. The summed E-state index contributed by atoms with van der Waals surface area (Å²) in [5, 5.41) is 2.27. The first-order valence-corrected chi connectivity index (χ1v) is 17.1.